The van der Waals surface area contributed by atoms with Gasteiger partial charge in [-0.25, -0.2) is 4.79 Å². The van der Waals surface area contributed by atoms with Gasteiger partial charge in [-0.1, -0.05) is 0 Å². The van der Waals surface area contributed by atoms with E-state index in [1.165, 1.54) is 0 Å². The van der Waals surface area contributed by atoms with Gasteiger partial charge in [0.15, 0.2) is 0 Å². The molecule has 0 heterocycles. The van der Waals surface area contributed by atoms with Crippen molar-refractivity contribution in [3.8, 4) is 0 Å². The van der Waals surface area contributed by atoms with Crippen LogP contribution in [-0.2, 0) is 4.74 Å². The third kappa shape index (κ3) is 11.8. The fourth-order valence-corrected chi connectivity index (χ4v) is 0.901. The standard InChI is InChI=1S/C5H9IO2.H4Si/c1-5(2,3)8-4(6)7;/h1-3H3;1H4. The van der Waals surface area contributed by atoms with Crippen LogP contribution in [0, 0.1) is 0 Å². The van der Waals surface area contributed by atoms with Crippen LogP contribution in [0.4, 0.5) is 4.79 Å². The summed E-state index contributed by atoms with van der Waals surface area (Å²) in [4.78, 5) is 10.2. The molecule has 56 valence electrons. The van der Waals surface area contributed by atoms with E-state index < -0.39 is 0 Å². The molecule has 0 saturated heterocycles. The van der Waals surface area contributed by atoms with Crippen LogP contribution in [0.1, 0.15) is 20.8 Å². The van der Waals surface area contributed by atoms with Crippen molar-refractivity contribution in [2.45, 2.75) is 26.4 Å². The zero-order valence-electron chi connectivity index (χ0n) is 5.19. The zero-order chi connectivity index (χ0) is 6.78. The monoisotopic (exact) mass is 260 g/mol. The number of ether oxygens (including phenoxy) is 1. The Kier molecular flexibility index (Phi) is 5.75. The fraction of sp³-hybridized carbons (Fsp3) is 0.800. The Morgan fingerprint density at radius 2 is 1.78 bits per heavy atom. The lowest BCUT2D eigenvalue weighted by Crippen LogP contribution is -2.19. The van der Waals surface area contributed by atoms with Crippen LogP contribution in [0.15, 0.2) is 0 Å². The Bertz CT molecular complexity index is 97.6. The second kappa shape index (κ2) is 4.27. The molecule has 4 heteroatoms. The Labute approximate surface area is 73.5 Å². The minimum Gasteiger partial charge on any atom is -0.452 e. The van der Waals surface area contributed by atoms with E-state index in [-0.39, 0.29) is 20.5 Å². The molecule has 0 saturated carbocycles. The molecular formula is C5H13IO2Si. The molecule has 0 aromatic heterocycles. The minimum atomic E-state index is -0.335. The molecule has 0 amide bonds. The Morgan fingerprint density at radius 1 is 1.44 bits per heavy atom. The lowest BCUT2D eigenvalue weighted by molar-refractivity contribution is 0.0766. The molecule has 0 aliphatic carbocycles. The van der Waals surface area contributed by atoms with Gasteiger partial charge in [0.05, 0.1) is 22.6 Å². The molecule has 0 radical (unpaired) electrons. The van der Waals surface area contributed by atoms with Crippen molar-refractivity contribution in [1.82, 2.24) is 0 Å². The van der Waals surface area contributed by atoms with Crippen molar-refractivity contribution in [3.63, 3.8) is 0 Å². The first-order chi connectivity index (χ1) is 3.42. The van der Waals surface area contributed by atoms with Gasteiger partial charge in [0.1, 0.15) is 5.60 Å². The maximum Gasteiger partial charge on any atom is 0.367 e. The average molecular weight is 260 g/mol. The highest BCUT2D eigenvalue weighted by Crippen LogP contribution is 2.09. The largest absolute Gasteiger partial charge is 0.452 e. The van der Waals surface area contributed by atoms with Crippen LogP contribution in [0.25, 0.3) is 0 Å². The van der Waals surface area contributed by atoms with Gasteiger partial charge in [0.25, 0.3) is 0 Å². The molecule has 0 unspecified atom stereocenters. The summed E-state index contributed by atoms with van der Waals surface area (Å²) in [6.07, 6.45) is 0. The maximum atomic E-state index is 10.2. The number of carbonyl (C=O) groups excluding carboxylic acids is 1. The molecule has 0 aliphatic heterocycles. The fourth-order valence-electron chi connectivity index (χ4n) is 0.241. The van der Waals surface area contributed by atoms with Crippen molar-refractivity contribution in [2.24, 2.45) is 0 Å². The minimum absolute atomic E-state index is 0. The van der Waals surface area contributed by atoms with Crippen LogP contribution in [0.2, 0.25) is 0 Å². The van der Waals surface area contributed by atoms with E-state index in [1.807, 2.05) is 20.8 Å². The Balaban J connectivity index is 0. The quantitative estimate of drug-likeness (QED) is 0.367. The SMILES string of the molecule is CC(C)(C)OC(=O)I.[SiH4]. The van der Waals surface area contributed by atoms with E-state index >= 15 is 0 Å². The molecule has 0 rings (SSSR count). The Hall–Kier alpha value is 0.417. The van der Waals surface area contributed by atoms with Gasteiger partial charge in [0, 0.05) is 0 Å². The Morgan fingerprint density at radius 3 is 1.78 bits per heavy atom. The van der Waals surface area contributed by atoms with Crippen molar-refractivity contribution in [2.75, 3.05) is 0 Å². The van der Waals surface area contributed by atoms with E-state index in [4.69, 9.17) is 4.74 Å². The third-order valence-corrected chi connectivity index (χ3v) is 0.607. The summed E-state index contributed by atoms with van der Waals surface area (Å²) in [5.41, 5.74) is -0.335. The number of carbonyl (C=O) groups is 1. The topological polar surface area (TPSA) is 26.3 Å². The van der Waals surface area contributed by atoms with E-state index in [0.717, 1.165) is 0 Å². The van der Waals surface area contributed by atoms with Crippen molar-refractivity contribution >= 4 is 37.5 Å². The van der Waals surface area contributed by atoms with Gasteiger partial charge in [0.2, 0.25) is 0 Å². The van der Waals surface area contributed by atoms with Crippen LogP contribution >= 0.6 is 22.6 Å². The van der Waals surface area contributed by atoms with Gasteiger partial charge in [-0.3, -0.25) is 0 Å². The summed E-state index contributed by atoms with van der Waals surface area (Å²) in [5, 5.41) is 0. The van der Waals surface area contributed by atoms with Gasteiger partial charge >= 0.3 is 3.98 Å². The summed E-state index contributed by atoms with van der Waals surface area (Å²) in [5.74, 6) is 0. The number of halogens is 1. The van der Waals surface area contributed by atoms with Gasteiger partial charge in [-0.2, -0.15) is 0 Å². The highest BCUT2D eigenvalue weighted by Gasteiger charge is 2.12. The van der Waals surface area contributed by atoms with Crippen LogP contribution in [0.3, 0.4) is 0 Å². The van der Waals surface area contributed by atoms with E-state index in [2.05, 4.69) is 0 Å². The summed E-state index contributed by atoms with van der Waals surface area (Å²) < 4.78 is 4.53. The first-order valence-electron chi connectivity index (χ1n) is 2.30. The first kappa shape index (κ1) is 12.1. The summed E-state index contributed by atoms with van der Waals surface area (Å²) >= 11 is 1.61. The number of rotatable bonds is 0. The van der Waals surface area contributed by atoms with Gasteiger partial charge in [-0.05, 0) is 31.7 Å². The van der Waals surface area contributed by atoms with Crippen molar-refractivity contribution in [3.05, 3.63) is 0 Å². The second-order valence-corrected chi connectivity index (χ2v) is 3.33. The molecule has 0 fully saturated rings. The third-order valence-electron chi connectivity index (χ3n) is 0.386. The predicted molar refractivity (Wildman–Crippen MR) is 51.6 cm³/mol. The highest BCUT2D eigenvalue weighted by molar-refractivity contribution is 14.1. The molecule has 0 atom stereocenters. The van der Waals surface area contributed by atoms with Crippen LogP contribution < -0.4 is 0 Å². The average Bonchev–Trinajstić information content (AvgIpc) is 1.21. The van der Waals surface area contributed by atoms with Crippen LogP contribution in [0.5, 0.6) is 0 Å². The highest BCUT2D eigenvalue weighted by atomic mass is 127. The molecule has 0 N–H and O–H groups in total. The lowest BCUT2D eigenvalue weighted by Gasteiger charge is -2.16. The van der Waals surface area contributed by atoms with E-state index in [1.54, 1.807) is 22.6 Å². The van der Waals surface area contributed by atoms with Crippen molar-refractivity contribution in [1.29, 1.82) is 0 Å². The summed E-state index contributed by atoms with van der Waals surface area (Å²) in [6.45, 7) is 5.51. The summed E-state index contributed by atoms with van der Waals surface area (Å²) in [6, 6.07) is 0. The molecule has 0 aromatic carbocycles. The second-order valence-electron chi connectivity index (χ2n) is 2.45. The molecule has 0 spiro atoms. The van der Waals surface area contributed by atoms with Gasteiger partial charge < -0.3 is 4.74 Å². The van der Waals surface area contributed by atoms with Crippen LogP contribution in [-0.4, -0.2) is 20.5 Å². The zero-order valence-corrected chi connectivity index (χ0v) is 7.35. The maximum absolute atomic E-state index is 10.2. The van der Waals surface area contributed by atoms with Gasteiger partial charge in [-0.15, -0.1) is 0 Å². The van der Waals surface area contributed by atoms with Crippen molar-refractivity contribution < 1.29 is 9.53 Å². The van der Waals surface area contributed by atoms with E-state index in [9.17, 15) is 4.79 Å². The molecule has 0 aromatic rings. The smallest absolute Gasteiger partial charge is 0.367 e. The molecule has 0 aliphatic rings. The number of hydrogen-bond acceptors (Lipinski definition) is 2. The molecule has 0 bridgehead atoms. The van der Waals surface area contributed by atoms with E-state index in [0.29, 0.717) is 0 Å². The predicted octanol–water partition coefficient (Wildman–Crippen LogP) is 0.905. The molecular weight excluding hydrogens is 247 g/mol. The summed E-state index contributed by atoms with van der Waals surface area (Å²) in [7, 11) is 0. The number of hydrogen-bond donors (Lipinski definition) is 0. The normalized spacial score (nSPS) is 9.78. The molecule has 2 nitrogen and oxygen atoms in total. The lowest BCUT2D eigenvalue weighted by atomic mass is 10.2. The molecule has 9 heavy (non-hydrogen) atoms. The first-order valence-corrected chi connectivity index (χ1v) is 3.38.